The third kappa shape index (κ3) is 2.30. The predicted molar refractivity (Wildman–Crippen MR) is 82.2 cm³/mol. The van der Waals surface area contributed by atoms with Gasteiger partial charge in [-0.05, 0) is 63.6 Å². The van der Waals surface area contributed by atoms with Crippen LogP contribution in [0.15, 0.2) is 18.2 Å². The van der Waals surface area contributed by atoms with Gasteiger partial charge in [-0.2, -0.15) is 0 Å². The summed E-state index contributed by atoms with van der Waals surface area (Å²) in [7, 11) is 0. The second-order valence-corrected chi connectivity index (χ2v) is 6.20. The van der Waals surface area contributed by atoms with Crippen molar-refractivity contribution in [3.63, 3.8) is 0 Å². The number of benzene rings is 1. The number of fused-ring (bicyclic) bond motifs is 1. The van der Waals surface area contributed by atoms with Crippen LogP contribution in [0, 0.1) is 0 Å². The van der Waals surface area contributed by atoms with Crippen molar-refractivity contribution in [2.75, 3.05) is 11.9 Å². The van der Waals surface area contributed by atoms with Crippen LogP contribution in [0.5, 0.6) is 0 Å². The van der Waals surface area contributed by atoms with E-state index in [4.69, 9.17) is 0 Å². The Hall–Kier alpha value is -1.51. The van der Waals surface area contributed by atoms with E-state index in [0.29, 0.717) is 12.1 Å². The first kappa shape index (κ1) is 13.5. The monoisotopic (exact) mass is 272 g/mol. The largest absolute Gasteiger partial charge is 0.385 e. The van der Waals surface area contributed by atoms with Crippen LogP contribution >= 0.6 is 0 Å². The molecule has 0 saturated carbocycles. The lowest BCUT2D eigenvalue weighted by Gasteiger charge is -2.39. The summed E-state index contributed by atoms with van der Waals surface area (Å²) in [5.41, 5.74) is 3.28. The van der Waals surface area contributed by atoms with Crippen molar-refractivity contribution < 1.29 is 4.79 Å². The summed E-state index contributed by atoms with van der Waals surface area (Å²) < 4.78 is 0. The number of rotatable bonds is 1. The van der Waals surface area contributed by atoms with Gasteiger partial charge in [0.15, 0.2) is 0 Å². The minimum absolute atomic E-state index is 0.227. The standard InChI is InChI=1S/C17H24N2O/c1-12-6-3-7-13(2)19(12)17(20)15-8-4-10-16-14(15)9-5-11-18-16/h4,8,10,12-13,18H,3,5-7,9,11H2,1-2H3/t12-,13+. The molecule has 0 bridgehead atoms. The molecule has 3 heteroatoms. The van der Waals surface area contributed by atoms with Crippen LogP contribution in [0.4, 0.5) is 5.69 Å². The fourth-order valence-electron chi connectivity index (χ4n) is 3.67. The number of carbonyl (C=O) groups is 1. The molecule has 1 saturated heterocycles. The van der Waals surface area contributed by atoms with Gasteiger partial charge in [0.1, 0.15) is 0 Å². The lowest BCUT2D eigenvalue weighted by atomic mass is 9.93. The van der Waals surface area contributed by atoms with Crippen molar-refractivity contribution in [2.24, 2.45) is 0 Å². The number of likely N-dealkylation sites (tertiary alicyclic amines) is 1. The molecule has 1 aromatic carbocycles. The molecule has 0 radical (unpaired) electrons. The van der Waals surface area contributed by atoms with Crippen molar-refractivity contribution in [1.29, 1.82) is 0 Å². The van der Waals surface area contributed by atoms with Crippen molar-refractivity contribution in [2.45, 2.75) is 58.0 Å². The van der Waals surface area contributed by atoms with Crippen LogP contribution in [0.25, 0.3) is 0 Å². The number of anilines is 1. The summed E-state index contributed by atoms with van der Waals surface area (Å²) in [4.78, 5) is 15.1. The summed E-state index contributed by atoms with van der Waals surface area (Å²) in [6.45, 7) is 5.38. The Bertz CT molecular complexity index is 502. The molecule has 0 aliphatic carbocycles. The molecule has 1 fully saturated rings. The molecular formula is C17H24N2O. The molecule has 2 aliphatic heterocycles. The highest BCUT2D eigenvalue weighted by molar-refractivity contribution is 5.97. The van der Waals surface area contributed by atoms with E-state index in [2.05, 4.69) is 30.1 Å². The Morgan fingerprint density at radius 2 is 1.95 bits per heavy atom. The molecule has 108 valence electrons. The van der Waals surface area contributed by atoms with Gasteiger partial charge in [0.2, 0.25) is 0 Å². The summed E-state index contributed by atoms with van der Waals surface area (Å²) >= 11 is 0. The fraction of sp³-hybridized carbons (Fsp3) is 0.588. The molecule has 3 nitrogen and oxygen atoms in total. The lowest BCUT2D eigenvalue weighted by Crippen LogP contribution is -2.47. The molecule has 1 N–H and O–H groups in total. The second-order valence-electron chi connectivity index (χ2n) is 6.20. The Labute approximate surface area is 121 Å². The molecule has 2 heterocycles. The summed E-state index contributed by atoms with van der Waals surface area (Å²) in [6, 6.07) is 6.82. The molecule has 0 aromatic heterocycles. The number of piperidine rings is 1. The molecule has 2 aliphatic rings. The van der Waals surface area contributed by atoms with E-state index >= 15 is 0 Å². The molecule has 20 heavy (non-hydrogen) atoms. The van der Waals surface area contributed by atoms with Crippen LogP contribution in [-0.4, -0.2) is 29.4 Å². The van der Waals surface area contributed by atoms with Gasteiger partial charge < -0.3 is 10.2 Å². The van der Waals surface area contributed by atoms with Gasteiger partial charge in [0.05, 0.1) is 0 Å². The minimum atomic E-state index is 0.227. The molecule has 0 unspecified atom stereocenters. The quantitative estimate of drug-likeness (QED) is 0.849. The first-order valence-electron chi connectivity index (χ1n) is 7.87. The third-order valence-corrected chi connectivity index (χ3v) is 4.75. The van der Waals surface area contributed by atoms with E-state index in [1.807, 2.05) is 12.1 Å². The summed E-state index contributed by atoms with van der Waals surface area (Å²) in [5.74, 6) is 0.227. The molecule has 2 atom stereocenters. The second kappa shape index (κ2) is 5.47. The normalized spacial score (nSPS) is 25.8. The van der Waals surface area contributed by atoms with Crippen LogP contribution in [-0.2, 0) is 6.42 Å². The fourth-order valence-corrected chi connectivity index (χ4v) is 3.67. The van der Waals surface area contributed by atoms with Crippen molar-refractivity contribution in [1.82, 2.24) is 4.90 Å². The highest BCUT2D eigenvalue weighted by atomic mass is 16.2. The van der Waals surface area contributed by atoms with Gasteiger partial charge in [0.25, 0.3) is 5.91 Å². The van der Waals surface area contributed by atoms with Gasteiger partial charge in [-0.1, -0.05) is 6.07 Å². The smallest absolute Gasteiger partial charge is 0.254 e. The average molecular weight is 272 g/mol. The maximum Gasteiger partial charge on any atom is 0.254 e. The van der Waals surface area contributed by atoms with E-state index < -0.39 is 0 Å². The summed E-state index contributed by atoms with van der Waals surface area (Å²) in [6.07, 6.45) is 5.62. The number of hydrogen-bond donors (Lipinski definition) is 1. The van der Waals surface area contributed by atoms with Crippen LogP contribution < -0.4 is 5.32 Å². The molecule has 3 rings (SSSR count). The van der Waals surface area contributed by atoms with Gasteiger partial charge >= 0.3 is 0 Å². The molecule has 1 amide bonds. The number of nitrogens with one attached hydrogen (secondary N) is 1. The van der Waals surface area contributed by atoms with Gasteiger partial charge in [-0.3, -0.25) is 4.79 Å². The van der Waals surface area contributed by atoms with Crippen molar-refractivity contribution >= 4 is 11.6 Å². The molecule has 0 spiro atoms. The van der Waals surface area contributed by atoms with Gasteiger partial charge in [-0.15, -0.1) is 0 Å². The number of amides is 1. The molecular weight excluding hydrogens is 248 g/mol. The zero-order valence-electron chi connectivity index (χ0n) is 12.5. The topological polar surface area (TPSA) is 32.3 Å². The Morgan fingerprint density at radius 1 is 1.20 bits per heavy atom. The number of nitrogens with zero attached hydrogens (tertiary/aromatic N) is 1. The highest BCUT2D eigenvalue weighted by Crippen LogP contribution is 2.30. The zero-order chi connectivity index (χ0) is 14.1. The van der Waals surface area contributed by atoms with Crippen LogP contribution in [0.3, 0.4) is 0 Å². The number of carbonyl (C=O) groups excluding carboxylic acids is 1. The highest BCUT2D eigenvalue weighted by Gasteiger charge is 2.31. The van der Waals surface area contributed by atoms with E-state index in [1.165, 1.54) is 12.0 Å². The van der Waals surface area contributed by atoms with Crippen LogP contribution in [0.1, 0.15) is 55.5 Å². The van der Waals surface area contributed by atoms with Gasteiger partial charge in [-0.25, -0.2) is 0 Å². The van der Waals surface area contributed by atoms with E-state index in [0.717, 1.165) is 43.5 Å². The first-order valence-corrected chi connectivity index (χ1v) is 7.87. The molecule has 1 aromatic rings. The Kier molecular flexibility index (Phi) is 3.68. The SMILES string of the molecule is C[C@@H]1CCC[C@H](C)N1C(=O)c1cccc2c1CCCN2. The Balaban J connectivity index is 1.94. The number of hydrogen-bond acceptors (Lipinski definition) is 2. The predicted octanol–water partition coefficient (Wildman–Crippen LogP) is 3.45. The third-order valence-electron chi connectivity index (χ3n) is 4.75. The average Bonchev–Trinajstić information content (AvgIpc) is 2.46. The first-order chi connectivity index (χ1) is 9.68. The minimum Gasteiger partial charge on any atom is -0.385 e. The zero-order valence-corrected chi connectivity index (χ0v) is 12.5. The van der Waals surface area contributed by atoms with Crippen LogP contribution in [0.2, 0.25) is 0 Å². The van der Waals surface area contributed by atoms with Gasteiger partial charge in [0, 0.05) is 29.9 Å². The maximum absolute atomic E-state index is 13.0. The summed E-state index contributed by atoms with van der Waals surface area (Å²) in [5, 5.41) is 3.41. The Morgan fingerprint density at radius 3 is 2.70 bits per heavy atom. The lowest BCUT2D eigenvalue weighted by molar-refractivity contribution is 0.0509. The van der Waals surface area contributed by atoms with Crippen molar-refractivity contribution in [3.8, 4) is 0 Å². The van der Waals surface area contributed by atoms with E-state index in [9.17, 15) is 4.79 Å². The van der Waals surface area contributed by atoms with E-state index in [1.54, 1.807) is 0 Å². The van der Waals surface area contributed by atoms with Crippen molar-refractivity contribution in [3.05, 3.63) is 29.3 Å². The van der Waals surface area contributed by atoms with E-state index in [-0.39, 0.29) is 5.91 Å². The maximum atomic E-state index is 13.0.